The standard InChI is InChI=1S/C14H23NOS/c1-3-12-7-8-14(17-12)10(2)15-9-11-5-4-6-13(11)16/h7-8,10-11,13,15-16H,3-6,9H2,1-2H3. The van der Waals surface area contributed by atoms with Crippen LogP contribution in [-0.4, -0.2) is 17.8 Å². The maximum Gasteiger partial charge on any atom is 0.0580 e. The Kier molecular flexibility index (Phi) is 4.60. The Hall–Kier alpha value is -0.380. The van der Waals surface area contributed by atoms with Crippen molar-refractivity contribution in [2.45, 2.75) is 51.7 Å². The molecule has 0 spiro atoms. The average Bonchev–Trinajstić information content (AvgIpc) is 2.94. The van der Waals surface area contributed by atoms with Gasteiger partial charge in [-0.15, -0.1) is 11.3 Å². The lowest BCUT2D eigenvalue weighted by atomic mass is 10.1. The van der Waals surface area contributed by atoms with Crippen molar-refractivity contribution in [1.29, 1.82) is 0 Å². The first-order valence-electron chi connectivity index (χ1n) is 6.70. The first-order valence-corrected chi connectivity index (χ1v) is 7.52. The van der Waals surface area contributed by atoms with Crippen LogP contribution in [0.5, 0.6) is 0 Å². The predicted molar refractivity (Wildman–Crippen MR) is 73.5 cm³/mol. The van der Waals surface area contributed by atoms with Crippen molar-refractivity contribution in [3.8, 4) is 0 Å². The minimum atomic E-state index is -0.0794. The molecule has 1 fully saturated rings. The molecule has 2 N–H and O–H groups in total. The van der Waals surface area contributed by atoms with Gasteiger partial charge in [0.15, 0.2) is 0 Å². The molecule has 1 aromatic heterocycles. The van der Waals surface area contributed by atoms with Crippen LogP contribution in [0, 0.1) is 5.92 Å². The van der Waals surface area contributed by atoms with E-state index in [1.165, 1.54) is 22.6 Å². The number of rotatable bonds is 5. The second kappa shape index (κ2) is 5.98. The van der Waals surface area contributed by atoms with E-state index in [0.29, 0.717) is 12.0 Å². The molecule has 1 aliphatic carbocycles. The summed E-state index contributed by atoms with van der Waals surface area (Å²) in [5, 5.41) is 13.3. The van der Waals surface area contributed by atoms with E-state index < -0.39 is 0 Å². The fourth-order valence-corrected chi connectivity index (χ4v) is 3.48. The van der Waals surface area contributed by atoms with Gasteiger partial charge in [0.1, 0.15) is 0 Å². The molecule has 96 valence electrons. The van der Waals surface area contributed by atoms with Gasteiger partial charge in [0, 0.05) is 22.3 Å². The van der Waals surface area contributed by atoms with Crippen LogP contribution < -0.4 is 5.32 Å². The number of aliphatic hydroxyl groups excluding tert-OH is 1. The molecule has 3 heteroatoms. The third-order valence-corrected chi connectivity index (χ3v) is 5.18. The molecule has 0 aromatic carbocycles. The van der Waals surface area contributed by atoms with Crippen molar-refractivity contribution in [3.05, 3.63) is 21.9 Å². The summed E-state index contributed by atoms with van der Waals surface area (Å²) in [6, 6.07) is 4.86. The van der Waals surface area contributed by atoms with E-state index in [0.717, 1.165) is 19.4 Å². The number of nitrogens with one attached hydrogen (secondary N) is 1. The highest BCUT2D eigenvalue weighted by molar-refractivity contribution is 7.12. The number of hydrogen-bond acceptors (Lipinski definition) is 3. The summed E-state index contributed by atoms with van der Waals surface area (Å²) in [7, 11) is 0. The quantitative estimate of drug-likeness (QED) is 0.845. The summed E-state index contributed by atoms with van der Waals surface area (Å²) < 4.78 is 0. The van der Waals surface area contributed by atoms with Gasteiger partial charge in [0.05, 0.1) is 6.10 Å². The van der Waals surface area contributed by atoms with E-state index in [-0.39, 0.29) is 6.10 Å². The Morgan fingerprint density at radius 3 is 2.88 bits per heavy atom. The van der Waals surface area contributed by atoms with Crippen molar-refractivity contribution in [2.75, 3.05) is 6.54 Å². The van der Waals surface area contributed by atoms with Crippen LogP contribution in [0.4, 0.5) is 0 Å². The minimum absolute atomic E-state index is 0.0794. The van der Waals surface area contributed by atoms with E-state index >= 15 is 0 Å². The molecule has 0 bridgehead atoms. The largest absolute Gasteiger partial charge is 0.393 e. The molecular formula is C14H23NOS. The zero-order chi connectivity index (χ0) is 12.3. The van der Waals surface area contributed by atoms with Gasteiger partial charge >= 0.3 is 0 Å². The molecule has 3 unspecified atom stereocenters. The van der Waals surface area contributed by atoms with Crippen LogP contribution in [0.1, 0.15) is 48.9 Å². The van der Waals surface area contributed by atoms with Crippen molar-refractivity contribution in [1.82, 2.24) is 5.32 Å². The van der Waals surface area contributed by atoms with Crippen LogP contribution in [0.3, 0.4) is 0 Å². The first kappa shape index (κ1) is 13.1. The number of aliphatic hydroxyl groups is 1. The van der Waals surface area contributed by atoms with Gasteiger partial charge in [-0.25, -0.2) is 0 Å². The molecular weight excluding hydrogens is 230 g/mol. The van der Waals surface area contributed by atoms with E-state index in [9.17, 15) is 5.11 Å². The lowest BCUT2D eigenvalue weighted by Gasteiger charge is -2.18. The van der Waals surface area contributed by atoms with Crippen LogP contribution >= 0.6 is 11.3 Å². The molecule has 1 heterocycles. The third kappa shape index (κ3) is 3.30. The Labute approximate surface area is 108 Å². The van der Waals surface area contributed by atoms with Gasteiger partial charge in [-0.3, -0.25) is 0 Å². The molecule has 1 aromatic rings. The molecule has 3 atom stereocenters. The average molecular weight is 253 g/mol. The Morgan fingerprint density at radius 2 is 2.29 bits per heavy atom. The van der Waals surface area contributed by atoms with Crippen LogP contribution in [0.15, 0.2) is 12.1 Å². The number of hydrogen-bond donors (Lipinski definition) is 2. The SMILES string of the molecule is CCc1ccc(C(C)NCC2CCCC2O)s1. The monoisotopic (exact) mass is 253 g/mol. The van der Waals surface area contributed by atoms with E-state index in [1.807, 2.05) is 11.3 Å². The topological polar surface area (TPSA) is 32.3 Å². The van der Waals surface area contributed by atoms with Gasteiger partial charge in [-0.05, 0) is 44.2 Å². The van der Waals surface area contributed by atoms with Crippen LogP contribution in [0.2, 0.25) is 0 Å². The lowest BCUT2D eigenvalue weighted by molar-refractivity contribution is 0.130. The van der Waals surface area contributed by atoms with Gasteiger partial charge in [-0.2, -0.15) is 0 Å². The van der Waals surface area contributed by atoms with Gasteiger partial charge in [-0.1, -0.05) is 13.3 Å². The fourth-order valence-electron chi connectivity index (χ4n) is 2.50. The summed E-state index contributed by atoms with van der Waals surface area (Å²) in [5.74, 6) is 0.461. The summed E-state index contributed by atoms with van der Waals surface area (Å²) in [6.07, 6.45) is 4.38. The van der Waals surface area contributed by atoms with Gasteiger partial charge in [0.25, 0.3) is 0 Å². The van der Waals surface area contributed by atoms with Gasteiger partial charge in [0.2, 0.25) is 0 Å². The van der Waals surface area contributed by atoms with Crippen LogP contribution in [0.25, 0.3) is 0 Å². The maximum atomic E-state index is 9.78. The summed E-state index contributed by atoms with van der Waals surface area (Å²) >= 11 is 1.90. The zero-order valence-corrected chi connectivity index (χ0v) is 11.6. The normalized spacial score (nSPS) is 26.3. The molecule has 0 amide bonds. The third-order valence-electron chi connectivity index (χ3n) is 3.76. The molecule has 0 aliphatic heterocycles. The highest BCUT2D eigenvalue weighted by atomic mass is 32.1. The number of aryl methyl sites for hydroxylation is 1. The van der Waals surface area contributed by atoms with Crippen molar-refractivity contribution in [3.63, 3.8) is 0 Å². The van der Waals surface area contributed by atoms with Crippen molar-refractivity contribution in [2.24, 2.45) is 5.92 Å². The van der Waals surface area contributed by atoms with Crippen molar-refractivity contribution < 1.29 is 5.11 Å². The zero-order valence-electron chi connectivity index (χ0n) is 10.8. The summed E-state index contributed by atoms with van der Waals surface area (Å²) in [5.41, 5.74) is 0. The van der Waals surface area contributed by atoms with E-state index in [1.54, 1.807) is 0 Å². The highest BCUT2D eigenvalue weighted by Crippen LogP contribution is 2.27. The highest BCUT2D eigenvalue weighted by Gasteiger charge is 2.25. The van der Waals surface area contributed by atoms with Crippen LogP contribution in [-0.2, 0) is 6.42 Å². The smallest absolute Gasteiger partial charge is 0.0580 e. The molecule has 0 radical (unpaired) electrons. The molecule has 17 heavy (non-hydrogen) atoms. The number of thiophene rings is 1. The Morgan fingerprint density at radius 1 is 1.47 bits per heavy atom. The van der Waals surface area contributed by atoms with Gasteiger partial charge < -0.3 is 10.4 Å². The minimum Gasteiger partial charge on any atom is -0.393 e. The first-order chi connectivity index (χ1) is 8.20. The lowest BCUT2D eigenvalue weighted by Crippen LogP contribution is -2.29. The maximum absolute atomic E-state index is 9.78. The molecule has 0 saturated heterocycles. The molecule has 2 rings (SSSR count). The second-order valence-corrected chi connectivity index (χ2v) is 6.25. The Bertz CT molecular complexity index is 350. The van der Waals surface area contributed by atoms with E-state index in [2.05, 4.69) is 31.3 Å². The summed E-state index contributed by atoms with van der Waals surface area (Å²) in [4.78, 5) is 2.86. The summed E-state index contributed by atoms with van der Waals surface area (Å²) in [6.45, 7) is 5.36. The Balaban J connectivity index is 1.82. The molecule has 2 nitrogen and oxygen atoms in total. The molecule has 1 saturated carbocycles. The molecule has 1 aliphatic rings. The second-order valence-electron chi connectivity index (χ2n) is 5.05. The fraction of sp³-hybridized carbons (Fsp3) is 0.714. The predicted octanol–water partition coefficient (Wildman–Crippen LogP) is 3.12. The van der Waals surface area contributed by atoms with Crippen molar-refractivity contribution >= 4 is 11.3 Å². The van der Waals surface area contributed by atoms with E-state index in [4.69, 9.17) is 0 Å².